The van der Waals surface area contributed by atoms with E-state index in [-0.39, 0.29) is 24.0 Å². The van der Waals surface area contributed by atoms with Crippen LogP contribution in [-0.2, 0) is 11.0 Å². The van der Waals surface area contributed by atoms with E-state index >= 15 is 0 Å². The first kappa shape index (κ1) is 21.4. The van der Waals surface area contributed by atoms with E-state index in [1.165, 1.54) is 6.07 Å². The number of benzene rings is 2. The molecule has 0 atom stereocenters. The third-order valence-corrected chi connectivity index (χ3v) is 5.95. The molecule has 3 heterocycles. The molecular formula is C22H22F3N7O. The highest BCUT2D eigenvalue weighted by molar-refractivity contribution is 5.94. The predicted octanol–water partition coefficient (Wildman–Crippen LogP) is 3.91. The van der Waals surface area contributed by atoms with Gasteiger partial charge in [-0.3, -0.25) is 9.69 Å². The van der Waals surface area contributed by atoms with Crippen molar-refractivity contribution >= 4 is 33.7 Å². The van der Waals surface area contributed by atoms with Crippen molar-refractivity contribution in [2.75, 3.05) is 25.0 Å². The van der Waals surface area contributed by atoms with Crippen molar-refractivity contribution < 1.29 is 18.0 Å². The fraction of sp³-hybridized carbons (Fsp3) is 0.364. The molecule has 1 amide bonds. The number of nitrogens with zero attached hydrogens (tertiary/aromatic N) is 5. The third kappa shape index (κ3) is 4.40. The van der Waals surface area contributed by atoms with Crippen LogP contribution in [0, 0.1) is 6.92 Å². The number of hydrogen-bond donors (Lipinski definition) is 2. The predicted molar refractivity (Wildman–Crippen MR) is 117 cm³/mol. The van der Waals surface area contributed by atoms with E-state index in [2.05, 4.69) is 30.5 Å². The van der Waals surface area contributed by atoms with E-state index in [9.17, 15) is 18.0 Å². The number of aryl methyl sites for hydroxylation is 1. The number of likely N-dealkylation sites (tertiary alicyclic amines) is 1. The summed E-state index contributed by atoms with van der Waals surface area (Å²) in [5.74, 6) is 0.715. The molecule has 1 aliphatic heterocycles. The molecule has 0 aliphatic carbocycles. The largest absolute Gasteiger partial charge is 0.416 e. The van der Waals surface area contributed by atoms with Crippen molar-refractivity contribution in [3.8, 4) is 0 Å². The maximum Gasteiger partial charge on any atom is 0.416 e. The van der Waals surface area contributed by atoms with Gasteiger partial charge in [-0.05, 0) is 56.2 Å². The van der Waals surface area contributed by atoms with Crippen LogP contribution in [0.2, 0.25) is 0 Å². The number of rotatable bonds is 4. The molecule has 5 rings (SSSR count). The van der Waals surface area contributed by atoms with Crippen LogP contribution < -0.4 is 5.32 Å². The molecule has 1 aliphatic rings. The Morgan fingerprint density at radius 2 is 1.94 bits per heavy atom. The molecule has 2 aromatic carbocycles. The lowest BCUT2D eigenvalue weighted by molar-refractivity contribution is -0.137. The number of aromatic nitrogens is 5. The van der Waals surface area contributed by atoms with E-state index in [0.717, 1.165) is 41.8 Å². The summed E-state index contributed by atoms with van der Waals surface area (Å²) in [7, 11) is 0. The van der Waals surface area contributed by atoms with Crippen LogP contribution in [0.5, 0.6) is 0 Å². The first-order valence-electron chi connectivity index (χ1n) is 10.7. The van der Waals surface area contributed by atoms with Gasteiger partial charge in [-0.2, -0.15) is 13.2 Å². The van der Waals surface area contributed by atoms with Crippen molar-refractivity contribution in [3.63, 3.8) is 0 Å². The van der Waals surface area contributed by atoms with E-state index in [4.69, 9.17) is 0 Å². The Morgan fingerprint density at radius 3 is 2.70 bits per heavy atom. The van der Waals surface area contributed by atoms with Gasteiger partial charge in [-0.15, -0.1) is 5.10 Å². The monoisotopic (exact) mass is 457 g/mol. The zero-order valence-corrected chi connectivity index (χ0v) is 17.9. The number of hydrogen-bond acceptors (Lipinski definition) is 5. The maximum absolute atomic E-state index is 12.9. The van der Waals surface area contributed by atoms with Gasteiger partial charge in [0.05, 0.1) is 34.7 Å². The van der Waals surface area contributed by atoms with Gasteiger partial charge in [-0.25, -0.2) is 9.67 Å². The maximum atomic E-state index is 12.9. The van der Waals surface area contributed by atoms with Crippen molar-refractivity contribution in [2.24, 2.45) is 0 Å². The molecule has 33 heavy (non-hydrogen) atoms. The first-order chi connectivity index (χ1) is 15.8. The number of amides is 1. The van der Waals surface area contributed by atoms with Gasteiger partial charge in [0.2, 0.25) is 5.91 Å². The van der Waals surface area contributed by atoms with Gasteiger partial charge >= 0.3 is 6.18 Å². The van der Waals surface area contributed by atoms with Gasteiger partial charge in [0.25, 0.3) is 0 Å². The van der Waals surface area contributed by atoms with Crippen LogP contribution in [-0.4, -0.2) is 55.4 Å². The Hall–Kier alpha value is -3.47. The second kappa shape index (κ2) is 8.14. The quantitative estimate of drug-likeness (QED) is 0.485. The van der Waals surface area contributed by atoms with Crippen LogP contribution in [0.3, 0.4) is 0 Å². The first-order valence-corrected chi connectivity index (χ1v) is 10.7. The van der Waals surface area contributed by atoms with Crippen LogP contribution in [0.15, 0.2) is 36.4 Å². The molecule has 2 N–H and O–H groups in total. The minimum atomic E-state index is -4.41. The highest BCUT2D eigenvalue weighted by atomic mass is 19.4. The molecular weight excluding hydrogens is 435 g/mol. The molecule has 8 nitrogen and oxygen atoms in total. The van der Waals surface area contributed by atoms with Crippen LogP contribution in [0.1, 0.15) is 30.3 Å². The molecule has 0 radical (unpaired) electrons. The van der Waals surface area contributed by atoms with Gasteiger partial charge in [0.15, 0.2) is 0 Å². The van der Waals surface area contributed by atoms with Crippen LogP contribution in [0.25, 0.3) is 22.1 Å². The van der Waals surface area contributed by atoms with Crippen molar-refractivity contribution in [1.82, 2.24) is 29.9 Å². The molecule has 11 heteroatoms. The number of aromatic amines is 1. The Balaban J connectivity index is 1.19. The number of carbonyl (C=O) groups excluding carboxylic acids is 1. The van der Waals surface area contributed by atoms with Crippen LogP contribution in [0.4, 0.5) is 18.9 Å². The molecule has 0 unspecified atom stereocenters. The molecule has 0 bridgehead atoms. The second-order valence-electron chi connectivity index (χ2n) is 8.34. The van der Waals surface area contributed by atoms with Gasteiger partial charge < -0.3 is 10.3 Å². The number of H-pyrrole nitrogens is 1. The summed E-state index contributed by atoms with van der Waals surface area (Å²) < 4.78 is 40.5. The molecule has 2 aromatic heterocycles. The average Bonchev–Trinajstić information content (AvgIpc) is 3.35. The summed E-state index contributed by atoms with van der Waals surface area (Å²) in [5, 5.41) is 11.0. The average molecular weight is 457 g/mol. The highest BCUT2D eigenvalue weighted by Crippen LogP contribution is 2.32. The fourth-order valence-electron chi connectivity index (χ4n) is 4.33. The van der Waals surface area contributed by atoms with Crippen molar-refractivity contribution in [3.05, 3.63) is 47.8 Å². The topological polar surface area (TPSA) is 91.7 Å². The Kier molecular flexibility index (Phi) is 5.28. The Labute approximate surface area is 186 Å². The van der Waals surface area contributed by atoms with Crippen LogP contribution >= 0.6 is 0 Å². The Bertz CT molecular complexity index is 1320. The van der Waals surface area contributed by atoms with E-state index in [1.807, 2.05) is 25.1 Å². The number of anilines is 1. The molecule has 1 saturated heterocycles. The minimum Gasteiger partial charge on any atom is -0.342 e. The van der Waals surface area contributed by atoms with E-state index < -0.39 is 11.7 Å². The fourth-order valence-corrected chi connectivity index (χ4v) is 4.33. The summed E-state index contributed by atoms with van der Waals surface area (Å²) in [6, 6.07) is 9.09. The van der Waals surface area contributed by atoms with Crippen molar-refractivity contribution in [2.45, 2.75) is 32.0 Å². The SMILES string of the molecule is Cc1nc2ccc(NC(=O)CN3CCC(n4nnc5cc(C(F)(F)F)ccc54)CC3)cc2[nH]1. The highest BCUT2D eigenvalue weighted by Gasteiger charge is 2.31. The normalized spacial score (nSPS) is 16.0. The Morgan fingerprint density at radius 1 is 1.15 bits per heavy atom. The summed E-state index contributed by atoms with van der Waals surface area (Å²) in [6.45, 7) is 3.50. The zero-order chi connectivity index (χ0) is 23.2. The van der Waals surface area contributed by atoms with Gasteiger partial charge in [0, 0.05) is 18.8 Å². The lowest BCUT2D eigenvalue weighted by atomic mass is 10.0. The van der Waals surface area contributed by atoms with Crippen molar-refractivity contribution in [1.29, 1.82) is 0 Å². The number of fused-ring (bicyclic) bond motifs is 2. The summed E-state index contributed by atoms with van der Waals surface area (Å²) in [5.41, 5.74) is 2.51. The second-order valence-corrected chi connectivity index (χ2v) is 8.34. The lowest BCUT2D eigenvalue weighted by Gasteiger charge is -2.31. The molecule has 0 saturated carbocycles. The molecule has 1 fully saturated rings. The molecule has 172 valence electrons. The number of piperidine rings is 1. The van der Waals surface area contributed by atoms with E-state index in [0.29, 0.717) is 24.3 Å². The number of alkyl halides is 3. The standard InChI is InChI=1S/C22H22F3N7O/c1-13-26-17-4-3-15(11-18(17)27-13)28-21(33)12-31-8-6-16(7-9-31)32-20-5-2-14(22(23,24)25)10-19(20)29-30-32/h2-5,10-11,16H,6-9,12H2,1H3,(H,26,27)(H,28,33). The molecule has 4 aromatic rings. The van der Waals surface area contributed by atoms with E-state index in [1.54, 1.807) is 4.68 Å². The summed E-state index contributed by atoms with van der Waals surface area (Å²) in [4.78, 5) is 22.1. The number of halogens is 3. The smallest absolute Gasteiger partial charge is 0.342 e. The van der Waals surface area contributed by atoms with Gasteiger partial charge in [-0.1, -0.05) is 5.21 Å². The number of nitrogens with one attached hydrogen (secondary N) is 2. The molecule has 0 spiro atoms. The zero-order valence-electron chi connectivity index (χ0n) is 17.9. The summed E-state index contributed by atoms with van der Waals surface area (Å²) >= 11 is 0. The third-order valence-electron chi connectivity index (χ3n) is 5.95. The summed E-state index contributed by atoms with van der Waals surface area (Å²) in [6.07, 6.45) is -2.95. The number of imidazole rings is 1. The number of carbonyl (C=O) groups is 1. The van der Waals surface area contributed by atoms with Gasteiger partial charge in [0.1, 0.15) is 11.3 Å². The lowest BCUT2D eigenvalue weighted by Crippen LogP contribution is -2.39. The minimum absolute atomic E-state index is 0.0251.